The second-order valence-electron chi connectivity index (χ2n) is 10.5. The van der Waals surface area contributed by atoms with Gasteiger partial charge in [0.05, 0.1) is 17.2 Å². The third-order valence-corrected chi connectivity index (χ3v) is 7.51. The first-order valence-corrected chi connectivity index (χ1v) is 13.5. The standard InChI is InChI=1S/C30H35FN4O3/c1-21-11-12-22-18-23(29(32-27(22)17-21)34-14-4-7-24(36)20-34)19-35(16-6-15-33-13-5-10-28(33)37)30(38)25-8-2-3-9-26(25)31/h2-3,8-9,11-12,17-18,24,36H,4-7,10,13-16,19-20H2,1H3/t24-/m1/s1. The summed E-state index contributed by atoms with van der Waals surface area (Å²) in [7, 11) is 0. The number of benzene rings is 2. The van der Waals surface area contributed by atoms with E-state index < -0.39 is 11.9 Å². The van der Waals surface area contributed by atoms with Crippen LogP contribution in [0.3, 0.4) is 0 Å². The van der Waals surface area contributed by atoms with Crippen LogP contribution < -0.4 is 4.90 Å². The van der Waals surface area contributed by atoms with Gasteiger partial charge in [0.2, 0.25) is 5.91 Å². The molecule has 1 atom stereocenters. The van der Waals surface area contributed by atoms with Crippen LogP contribution in [0.5, 0.6) is 0 Å². The molecule has 1 N–H and O–H groups in total. The van der Waals surface area contributed by atoms with Crippen molar-refractivity contribution in [3.63, 3.8) is 0 Å². The fourth-order valence-electron chi connectivity index (χ4n) is 5.50. The number of fused-ring (bicyclic) bond motifs is 1. The van der Waals surface area contributed by atoms with Gasteiger partial charge in [0.1, 0.15) is 11.6 Å². The van der Waals surface area contributed by atoms with Gasteiger partial charge < -0.3 is 19.8 Å². The zero-order valence-corrected chi connectivity index (χ0v) is 21.9. The number of likely N-dealkylation sites (tertiary alicyclic amines) is 1. The zero-order chi connectivity index (χ0) is 26.6. The SMILES string of the molecule is Cc1ccc2cc(CN(CCCN3CCCC3=O)C(=O)c3ccccc3F)c(N3CCC[C@@H](O)C3)nc2c1. The molecule has 2 amide bonds. The molecule has 0 bridgehead atoms. The maximum absolute atomic E-state index is 14.7. The number of pyridine rings is 1. The minimum Gasteiger partial charge on any atom is -0.391 e. The number of carbonyl (C=O) groups excluding carboxylic acids is 2. The molecule has 0 spiro atoms. The summed E-state index contributed by atoms with van der Waals surface area (Å²) in [5, 5.41) is 11.3. The lowest BCUT2D eigenvalue weighted by Gasteiger charge is -2.34. The number of hydrogen-bond acceptors (Lipinski definition) is 5. The van der Waals surface area contributed by atoms with E-state index in [4.69, 9.17) is 4.98 Å². The number of piperidine rings is 1. The highest BCUT2D eigenvalue weighted by molar-refractivity contribution is 5.94. The Bertz CT molecular complexity index is 1330. The number of hydrogen-bond donors (Lipinski definition) is 1. The van der Waals surface area contributed by atoms with E-state index in [1.807, 2.05) is 30.0 Å². The number of carbonyl (C=O) groups is 2. The maximum atomic E-state index is 14.7. The molecule has 0 aliphatic carbocycles. The van der Waals surface area contributed by atoms with Crippen molar-refractivity contribution in [2.45, 2.75) is 51.7 Å². The fourth-order valence-corrected chi connectivity index (χ4v) is 5.50. The Kier molecular flexibility index (Phi) is 7.88. The normalized spacial score (nSPS) is 17.9. The second-order valence-corrected chi connectivity index (χ2v) is 10.5. The van der Waals surface area contributed by atoms with Crippen molar-refractivity contribution < 1.29 is 19.1 Å². The largest absolute Gasteiger partial charge is 0.391 e. The molecule has 0 radical (unpaired) electrons. The highest BCUT2D eigenvalue weighted by atomic mass is 19.1. The molecule has 3 heterocycles. The molecule has 2 aliphatic rings. The van der Waals surface area contributed by atoms with Crippen LogP contribution in [0.2, 0.25) is 0 Å². The minimum absolute atomic E-state index is 0.0315. The smallest absolute Gasteiger partial charge is 0.257 e. The third kappa shape index (κ3) is 5.80. The van der Waals surface area contributed by atoms with E-state index >= 15 is 0 Å². The van der Waals surface area contributed by atoms with Crippen LogP contribution in [0.1, 0.15) is 53.6 Å². The van der Waals surface area contributed by atoms with Crippen molar-refractivity contribution in [2.75, 3.05) is 37.6 Å². The minimum atomic E-state index is -0.552. The number of aliphatic hydroxyl groups excluding tert-OH is 1. The van der Waals surface area contributed by atoms with Crippen molar-refractivity contribution in [1.82, 2.24) is 14.8 Å². The number of β-amino-alcohol motifs (C(OH)–C–C–N with tert-alkyl or cyclic N) is 1. The number of rotatable bonds is 8. The van der Waals surface area contributed by atoms with Crippen LogP contribution in [0.15, 0.2) is 48.5 Å². The summed E-state index contributed by atoms with van der Waals surface area (Å²) in [5.41, 5.74) is 2.86. The number of aryl methyl sites for hydroxylation is 1. The molecule has 2 aliphatic heterocycles. The second kappa shape index (κ2) is 11.5. The Morgan fingerprint density at radius 3 is 2.76 bits per heavy atom. The molecule has 200 valence electrons. The number of halogens is 1. The van der Waals surface area contributed by atoms with Gasteiger partial charge in [-0.15, -0.1) is 0 Å². The highest BCUT2D eigenvalue weighted by Crippen LogP contribution is 2.29. The predicted octanol–water partition coefficient (Wildman–Crippen LogP) is 4.30. The van der Waals surface area contributed by atoms with E-state index in [0.29, 0.717) is 32.5 Å². The predicted molar refractivity (Wildman–Crippen MR) is 146 cm³/mol. The topological polar surface area (TPSA) is 77.0 Å². The average molecular weight is 519 g/mol. The van der Waals surface area contributed by atoms with Crippen molar-refractivity contribution in [3.05, 3.63) is 71.0 Å². The quantitative estimate of drug-likeness (QED) is 0.481. The molecular formula is C30H35FN4O3. The van der Waals surface area contributed by atoms with E-state index in [2.05, 4.69) is 11.0 Å². The summed E-state index contributed by atoms with van der Waals surface area (Å²) in [5.74, 6) is -0.0342. The molecule has 2 aromatic carbocycles. The lowest BCUT2D eigenvalue weighted by Crippen LogP contribution is -2.40. The van der Waals surface area contributed by atoms with Crippen molar-refractivity contribution in [1.29, 1.82) is 0 Å². The number of aliphatic hydroxyl groups is 1. The van der Waals surface area contributed by atoms with Crippen molar-refractivity contribution >= 4 is 28.5 Å². The Morgan fingerprint density at radius 1 is 1.16 bits per heavy atom. The molecule has 2 saturated heterocycles. The van der Waals surface area contributed by atoms with Crippen LogP contribution in [-0.2, 0) is 11.3 Å². The molecule has 7 nitrogen and oxygen atoms in total. The molecule has 38 heavy (non-hydrogen) atoms. The lowest BCUT2D eigenvalue weighted by molar-refractivity contribution is -0.127. The molecule has 3 aromatic rings. The molecule has 5 rings (SSSR count). The average Bonchev–Trinajstić information content (AvgIpc) is 3.32. The number of nitrogens with zero attached hydrogens (tertiary/aromatic N) is 4. The summed E-state index contributed by atoms with van der Waals surface area (Å²) in [6.07, 6.45) is 3.22. The van der Waals surface area contributed by atoms with Gasteiger partial charge >= 0.3 is 0 Å². The molecule has 8 heteroatoms. The fraction of sp³-hybridized carbons (Fsp3) is 0.433. The molecule has 1 aromatic heterocycles. The van der Waals surface area contributed by atoms with Gasteiger partial charge in [-0.2, -0.15) is 0 Å². The highest BCUT2D eigenvalue weighted by Gasteiger charge is 2.26. The van der Waals surface area contributed by atoms with E-state index in [0.717, 1.165) is 60.2 Å². The van der Waals surface area contributed by atoms with Crippen LogP contribution in [0.25, 0.3) is 10.9 Å². The van der Waals surface area contributed by atoms with Crippen molar-refractivity contribution in [2.24, 2.45) is 0 Å². The first-order valence-electron chi connectivity index (χ1n) is 13.5. The van der Waals surface area contributed by atoms with Gasteiger partial charge in [0, 0.05) is 56.6 Å². The Hall–Kier alpha value is -3.52. The summed E-state index contributed by atoms with van der Waals surface area (Å²) in [6.45, 7) is 5.22. The number of amides is 2. The first-order chi connectivity index (χ1) is 18.4. The maximum Gasteiger partial charge on any atom is 0.257 e. The third-order valence-electron chi connectivity index (χ3n) is 7.51. The van der Waals surface area contributed by atoms with Gasteiger partial charge in [-0.05, 0) is 62.4 Å². The van der Waals surface area contributed by atoms with E-state index in [9.17, 15) is 19.1 Å². The molecule has 0 unspecified atom stereocenters. The van der Waals surface area contributed by atoms with E-state index in [1.165, 1.54) is 12.1 Å². The Morgan fingerprint density at radius 2 is 2.00 bits per heavy atom. The van der Waals surface area contributed by atoms with E-state index in [-0.39, 0.29) is 23.9 Å². The van der Waals surface area contributed by atoms with Crippen LogP contribution in [-0.4, -0.2) is 70.5 Å². The molecular weight excluding hydrogens is 483 g/mol. The van der Waals surface area contributed by atoms with Gasteiger partial charge in [-0.1, -0.05) is 24.3 Å². The van der Waals surface area contributed by atoms with Gasteiger partial charge in [-0.25, -0.2) is 9.37 Å². The lowest BCUT2D eigenvalue weighted by atomic mass is 10.0. The first kappa shape index (κ1) is 26.1. The van der Waals surface area contributed by atoms with Gasteiger partial charge in [-0.3, -0.25) is 9.59 Å². The van der Waals surface area contributed by atoms with Crippen molar-refractivity contribution in [3.8, 4) is 0 Å². The summed E-state index contributed by atoms with van der Waals surface area (Å²) in [4.78, 5) is 36.3. The molecule has 2 fully saturated rings. The summed E-state index contributed by atoms with van der Waals surface area (Å²) >= 11 is 0. The monoisotopic (exact) mass is 518 g/mol. The zero-order valence-electron chi connectivity index (χ0n) is 21.9. The summed E-state index contributed by atoms with van der Waals surface area (Å²) in [6, 6.07) is 14.2. The Labute approximate surface area is 222 Å². The Balaban J connectivity index is 1.48. The van der Waals surface area contributed by atoms with E-state index in [1.54, 1.807) is 17.0 Å². The van der Waals surface area contributed by atoms with Crippen LogP contribution in [0, 0.1) is 12.7 Å². The molecule has 0 saturated carbocycles. The van der Waals surface area contributed by atoms with Gasteiger partial charge in [0.15, 0.2) is 0 Å². The summed E-state index contributed by atoms with van der Waals surface area (Å²) < 4.78 is 14.7. The number of anilines is 1. The van der Waals surface area contributed by atoms with Crippen LogP contribution >= 0.6 is 0 Å². The number of aromatic nitrogens is 1. The van der Waals surface area contributed by atoms with Crippen LogP contribution in [0.4, 0.5) is 10.2 Å². The van der Waals surface area contributed by atoms with Gasteiger partial charge in [0.25, 0.3) is 5.91 Å².